The van der Waals surface area contributed by atoms with Crippen LogP contribution in [0.3, 0.4) is 0 Å². The Morgan fingerprint density at radius 3 is 2.24 bits per heavy atom. The Hall–Kier alpha value is -2.53. The van der Waals surface area contributed by atoms with Crippen molar-refractivity contribution in [2.75, 3.05) is 33.5 Å². The standard InChI is InChI=1S/C24H31NO4/c1-18(2)19-4-8-22(9-5-19)29-16-23(26)25-17-24(12-14-28-15-13-24)20-6-10-21(27-3)11-7-20/h4-11,18H,12-17H2,1-3H3,(H,25,26). The first-order valence-corrected chi connectivity index (χ1v) is 10.2. The van der Waals surface area contributed by atoms with Gasteiger partial charge in [-0.15, -0.1) is 0 Å². The highest BCUT2D eigenvalue weighted by molar-refractivity contribution is 5.77. The second kappa shape index (κ2) is 9.79. The molecule has 0 spiro atoms. The fourth-order valence-electron chi connectivity index (χ4n) is 3.69. The summed E-state index contributed by atoms with van der Waals surface area (Å²) in [4.78, 5) is 12.4. The summed E-state index contributed by atoms with van der Waals surface area (Å²) in [5, 5.41) is 3.07. The van der Waals surface area contributed by atoms with Gasteiger partial charge in [-0.2, -0.15) is 0 Å². The van der Waals surface area contributed by atoms with Gasteiger partial charge in [-0.25, -0.2) is 0 Å². The minimum atomic E-state index is -0.126. The van der Waals surface area contributed by atoms with E-state index in [4.69, 9.17) is 14.2 Å². The number of ether oxygens (including phenoxy) is 3. The molecule has 1 amide bonds. The van der Waals surface area contributed by atoms with Crippen molar-refractivity contribution >= 4 is 5.91 Å². The Morgan fingerprint density at radius 2 is 1.66 bits per heavy atom. The lowest BCUT2D eigenvalue weighted by molar-refractivity contribution is -0.123. The lowest BCUT2D eigenvalue weighted by atomic mass is 9.74. The fraction of sp³-hybridized carbons (Fsp3) is 0.458. The van der Waals surface area contributed by atoms with Gasteiger partial charge in [0.1, 0.15) is 11.5 Å². The number of carbonyl (C=O) groups is 1. The molecule has 29 heavy (non-hydrogen) atoms. The Balaban J connectivity index is 1.58. The van der Waals surface area contributed by atoms with Crippen LogP contribution < -0.4 is 14.8 Å². The maximum absolute atomic E-state index is 12.4. The molecule has 0 unspecified atom stereocenters. The van der Waals surface area contributed by atoms with E-state index >= 15 is 0 Å². The average Bonchev–Trinajstić information content (AvgIpc) is 2.77. The van der Waals surface area contributed by atoms with Crippen LogP contribution in [0.25, 0.3) is 0 Å². The van der Waals surface area contributed by atoms with Crippen molar-refractivity contribution in [3.05, 3.63) is 59.7 Å². The third kappa shape index (κ3) is 5.51. The first-order chi connectivity index (χ1) is 14.0. The molecule has 0 radical (unpaired) electrons. The fourth-order valence-corrected chi connectivity index (χ4v) is 3.69. The second-order valence-electron chi connectivity index (χ2n) is 7.91. The van der Waals surface area contributed by atoms with Crippen LogP contribution in [0, 0.1) is 0 Å². The first kappa shape index (κ1) is 21.2. The van der Waals surface area contributed by atoms with Gasteiger partial charge in [0.25, 0.3) is 5.91 Å². The topological polar surface area (TPSA) is 56.8 Å². The van der Waals surface area contributed by atoms with Crippen LogP contribution >= 0.6 is 0 Å². The Morgan fingerprint density at radius 1 is 1.03 bits per heavy atom. The molecule has 156 valence electrons. The average molecular weight is 398 g/mol. The number of benzene rings is 2. The van der Waals surface area contributed by atoms with Gasteiger partial charge in [0.2, 0.25) is 0 Å². The molecular formula is C24H31NO4. The number of methoxy groups -OCH3 is 1. The minimum Gasteiger partial charge on any atom is -0.497 e. The third-order valence-electron chi connectivity index (χ3n) is 5.69. The summed E-state index contributed by atoms with van der Waals surface area (Å²) >= 11 is 0. The van der Waals surface area contributed by atoms with Gasteiger partial charge in [-0.05, 0) is 54.2 Å². The highest BCUT2D eigenvalue weighted by Gasteiger charge is 2.34. The zero-order valence-corrected chi connectivity index (χ0v) is 17.6. The summed E-state index contributed by atoms with van der Waals surface area (Å²) in [6, 6.07) is 16.0. The molecule has 1 aliphatic heterocycles. The van der Waals surface area contributed by atoms with E-state index < -0.39 is 0 Å². The van der Waals surface area contributed by atoms with Crippen molar-refractivity contribution in [3.63, 3.8) is 0 Å². The first-order valence-electron chi connectivity index (χ1n) is 10.2. The summed E-state index contributed by atoms with van der Waals surface area (Å²) in [7, 11) is 1.66. The molecule has 3 rings (SSSR count). The predicted molar refractivity (Wildman–Crippen MR) is 114 cm³/mol. The molecule has 5 nitrogen and oxygen atoms in total. The number of hydrogen-bond acceptors (Lipinski definition) is 4. The van der Waals surface area contributed by atoms with Gasteiger partial charge < -0.3 is 19.5 Å². The normalized spacial score (nSPS) is 15.7. The molecule has 1 heterocycles. The molecule has 0 saturated carbocycles. The highest BCUT2D eigenvalue weighted by atomic mass is 16.5. The quantitative estimate of drug-likeness (QED) is 0.730. The Labute approximate surface area is 173 Å². The van der Waals surface area contributed by atoms with E-state index in [-0.39, 0.29) is 17.9 Å². The smallest absolute Gasteiger partial charge is 0.257 e. The van der Waals surface area contributed by atoms with E-state index in [1.807, 2.05) is 36.4 Å². The summed E-state index contributed by atoms with van der Waals surface area (Å²) in [5.74, 6) is 1.90. The number of rotatable bonds is 8. The lowest BCUT2D eigenvalue weighted by Gasteiger charge is -2.38. The van der Waals surface area contributed by atoms with Crippen molar-refractivity contribution < 1.29 is 19.0 Å². The lowest BCUT2D eigenvalue weighted by Crippen LogP contribution is -2.45. The van der Waals surface area contributed by atoms with Crippen LogP contribution in [0.15, 0.2) is 48.5 Å². The molecule has 1 fully saturated rings. The minimum absolute atomic E-state index is 0.0101. The molecule has 2 aromatic carbocycles. The molecule has 1 N–H and O–H groups in total. The number of hydrogen-bond donors (Lipinski definition) is 1. The molecule has 0 bridgehead atoms. The van der Waals surface area contributed by atoms with Crippen molar-refractivity contribution in [1.82, 2.24) is 5.32 Å². The van der Waals surface area contributed by atoms with Crippen molar-refractivity contribution in [2.24, 2.45) is 0 Å². The van der Waals surface area contributed by atoms with E-state index in [0.29, 0.717) is 31.4 Å². The van der Waals surface area contributed by atoms with Gasteiger partial charge in [0, 0.05) is 25.2 Å². The zero-order chi connectivity index (χ0) is 20.7. The Bertz CT molecular complexity index is 778. The predicted octanol–water partition coefficient (Wildman–Crippen LogP) is 4.06. The molecule has 0 aromatic heterocycles. The SMILES string of the molecule is COc1ccc(C2(CNC(=O)COc3ccc(C(C)C)cc3)CCOCC2)cc1. The van der Waals surface area contributed by atoms with E-state index in [1.54, 1.807) is 7.11 Å². The maximum atomic E-state index is 12.4. The van der Waals surface area contributed by atoms with Crippen molar-refractivity contribution in [2.45, 2.75) is 38.0 Å². The van der Waals surface area contributed by atoms with Crippen molar-refractivity contribution in [3.8, 4) is 11.5 Å². The molecule has 2 aromatic rings. The van der Waals surface area contributed by atoms with Gasteiger partial charge in [-0.1, -0.05) is 38.1 Å². The zero-order valence-electron chi connectivity index (χ0n) is 17.6. The summed E-state index contributed by atoms with van der Waals surface area (Å²) < 4.78 is 16.5. The van der Waals surface area contributed by atoms with Crippen LogP contribution in [-0.2, 0) is 14.9 Å². The molecular weight excluding hydrogens is 366 g/mol. The molecule has 0 aliphatic carbocycles. The number of carbonyl (C=O) groups excluding carboxylic acids is 1. The molecule has 0 atom stereocenters. The molecule has 1 saturated heterocycles. The summed E-state index contributed by atoms with van der Waals surface area (Å²) in [6.07, 6.45) is 1.74. The van der Waals surface area contributed by atoms with Crippen molar-refractivity contribution in [1.29, 1.82) is 0 Å². The van der Waals surface area contributed by atoms with Crippen LogP contribution in [0.1, 0.15) is 43.7 Å². The van der Waals surface area contributed by atoms with E-state index in [1.165, 1.54) is 11.1 Å². The van der Waals surface area contributed by atoms with Gasteiger partial charge >= 0.3 is 0 Å². The number of amides is 1. The monoisotopic (exact) mass is 397 g/mol. The van der Waals surface area contributed by atoms with Gasteiger partial charge in [0.05, 0.1) is 7.11 Å². The highest BCUT2D eigenvalue weighted by Crippen LogP contribution is 2.35. The van der Waals surface area contributed by atoms with E-state index in [0.717, 1.165) is 18.6 Å². The second-order valence-corrected chi connectivity index (χ2v) is 7.91. The van der Waals surface area contributed by atoms with Crippen LogP contribution in [-0.4, -0.2) is 39.4 Å². The van der Waals surface area contributed by atoms with Crippen LogP contribution in [0.2, 0.25) is 0 Å². The molecule has 5 heteroatoms. The third-order valence-corrected chi connectivity index (χ3v) is 5.69. The Kier molecular flexibility index (Phi) is 7.15. The van der Waals surface area contributed by atoms with Gasteiger partial charge in [-0.3, -0.25) is 4.79 Å². The largest absolute Gasteiger partial charge is 0.497 e. The molecule has 1 aliphatic rings. The van der Waals surface area contributed by atoms with E-state index in [9.17, 15) is 4.79 Å². The summed E-state index contributed by atoms with van der Waals surface area (Å²) in [5.41, 5.74) is 2.33. The van der Waals surface area contributed by atoms with Crippen LogP contribution in [0.5, 0.6) is 11.5 Å². The number of nitrogens with one attached hydrogen (secondary N) is 1. The maximum Gasteiger partial charge on any atom is 0.257 e. The van der Waals surface area contributed by atoms with Gasteiger partial charge in [0.15, 0.2) is 6.61 Å². The van der Waals surface area contributed by atoms with Crippen LogP contribution in [0.4, 0.5) is 0 Å². The summed E-state index contributed by atoms with van der Waals surface area (Å²) in [6.45, 7) is 6.27. The van der Waals surface area contributed by atoms with E-state index in [2.05, 4.69) is 31.3 Å².